The van der Waals surface area contributed by atoms with Crippen molar-refractivity contribution in [2.75, 3.05) is 6.61 Å². The van der Waals surface area contributed by atoms with Crippen molar-refractivity contribution in [3.63, 3.8) is 0 Å². The molecule has 19 heavy (non-hydrogen) atoms. The highest BCUT2D eigenvalue weighted by Crippen LogP contribution is 2.15. The van der Waals surface area contributed by atoms with E-state index in [-0.39, 0.29) is 5.69 Å². The first-order chi connectivity index (χ1) is 9.19. The van der Waals surface area contributed by atoms with Crippen LogP contribution in [0.4, 0.5) is 0 Å². The number of nitrogens with two attached hydrogens (primary N) is 1. The number of carbonyl (C=O) groups excluding carboxylic acids is 1. The summed E-state index contributed by atoms with van der Waals surface area (Å²) < 4.78 is 8.04. The van der Waals surface area contributed by atoms with E-state index in [1.165, 1.54) is 10.9 Å². The fourth-order valence-corrected chi connectivity index (χ4v) is 1.64. The van der Waals surface area contributed by atoms with Gasteiger partial charge in [0.05, 0.1) is 12.7 Å². The van der Waals surface area contributed by atoms with Gasteiger partial charge in [-0.2, -0.15) is 0 Å². The second kappa shape index (κ2) is 6.30. The van der Waals surface area contributed by atoms with E-state index in [0.29, 0.717) is 13.2 Å². The molecule has 3 N–H and O–H groups in total. The van der Waals surface area contributed by atoms with E-state index in [0.717, 1.165) is 10.2 Å². The topological polar surface area (TPSA) is 95.1 Å². The lowest BCUT2D eigenvalue weighted by molar-refractivity contribution is 0.0948. The van der Waals surface area contributed by atoms with Crippen molar-refractivity contribution in [3.05, 3.63) is 40.6 Å². The number of rotatable bonds is 5. The smallest absolute Gasteiger partial charge is 0.287 e. The maximum atomic E-state index is 11.2. The van der Waals surface area contributed by atoms with Crippen molar-refractivity contribution in [2.45, 2.75) is 6.54 Å². The normalized spacial score (nSPS) is 10.2. The third-order valence-corrected chi connectivity index (χ3v) is 2.83. The molecule has 1 aromatic heterocycles. The van der Waals surface area contributed by atoms with Crippen LogP contribution in [0.1, 0.15) is 10.5 Å². The van der Waals surface area contributed by atoms with Crippen LogP contribution < -0.4 is 16.0 Å². The number of nitrogen functional groups attached to an aromatic ring is 1. The molecule has 0 saturated heterocycles. The predicted molar refractivity (Wildman–Crippen MR) is 71.3 cm³/mol. The van der Waals surface area contributed by atoms with Crippen molar-refractivity contribution in [2.24, 2.45) is 5.84 Å². The average Bonchev–Trinajstić information content (AvgIpc) is 2.89. The van der Waals surface area contributed by atoms with E-state index in [2.05, 4.69) is 26.2 Å². The number of ether oxygens (including phenoxy) is 1. The van der Waals surface area contributed by atoms with Crippen LogP contribution in [0.2, 0.25) is 0 Å². The van der Waals surface area contributed by atoms with Crippen LogP contribution in [0.3, 0.4) is 0 Å². The van der Waals surface area contributed by atoms with Gasteiger partial charge in [0, 0.05) is 4.47 Å². The Bertz CT molecular complexity index is 554. The highest BCUT2D eigenvalue weighted by molar-refractivity contribution is 9.10. The molecule has 0 unspecified atom stereocenters. The van der Waals surface area contributed by atoms with E-state index in [1.807, 2.05) is 29.7 Å². The van der Waals surface area contributed by atoms with Crippen LogP contribution in [0, 0.1) is 0 Å². The second-order valence-electron chi connectivity index (χ2n) is 3.64. The molecule has 0 fully saturated rings. The molecule has 1 amide bonds. The number of halogens is 1. The molecule has 2 rings (SSSR count). The van der Waals surface area contributed by atoms with Crippen LogP contribution in [-0.2, 0) is 6.54 Å². The SMILES string of the molecule is NNC(=O)c1cn(CCOc2ccc(Br)cc2)nn1. The summed E-state index contributed by atoms with van der Waals surface area (Å²) in [7, 11) is 0. The summed E-state index contributed by atoms with van der Waals surface area (Å²) in [5.41, 5.74) is 2.16. The number of nitrogens with one attached hydrogen (secondary N) is 1. The van der Waals surface area contributed by atoms with E-state index in [4.69, 9.17) is 10.6 Å². The van der Waals surface area contributed by atoms with Gasteiger partial charge in [-0.05, 0) is 24.3 Å². The van der Waals surface area contributed by atoms with Crippen LogP contribution in [0.15, 0.2) is 34.9 Å². The summed E-state index contributed by atoms with van der Waals surface area (Å²) in [6, 6.07) is 7.51. The highest BCUT2D eigenvalue weighted by Gasteiger charge is 2.08. The molecule has 0 aliphatic carbocycles. The van der Waals surface area contributed by atoms with E-state index < -0.39 is 5.91 Å². The number of amides is 1. The fourth-order valence-electron chi connectivity index (χ4n) is 1.37. The van der Waals surface area contributed by atoms with Gasteiger partial charge in [0.15, 0.2) is 5.69 Å². The van der Waals surface area contributed by atoms with Gasteiger partial charge in [0.25, 0.3) is 5.91 Å². The lowest BCUT2D eigenvalue weighted by Gasteiger charge is -2.05. The Balaban J connectivity index is 1.84. The third-order valence-electron chi connectivity index (χ3n) is 2.31. The number of aromatic nitrogens is 3. The van der Waals surface area contributed by atoms with Crippen LogP contribution >= 0.6 is 15.9 Å². The molecule has 0 radical (unpaired) electrons. The molecular weight excluding hydrogens is 314 g/mol. The summed E-state index contributed by atoms with van der Waals surface area (Å²) in [5, 5.41) is 7.48. The monoisotopic (exact) mass is 325 g/mol. The first-order valence-corrected chi connectivity index (χ1v) is 6.28. The minimum atomic E-state index is -0.472. The zero-order chi connectivity index (χ0) is 13.7. The fraction of sp³-hybridized carbons (Fsp3) is 0.182. The van der Waals surface area contributed by atoms with E-state index in [1.54, 1.807) is 0 Å². The number of hydrogen-bond donors (Lipinski definition) is 2. The summed E-state index contributed by atoms with van der Waals surface area (Å²) in [6.07, 6.45) is 1.51. The first-order valence-electron chi connectivity index (χ1n) is 5.48. The van der Waals surface area contributed by atoms with Gasteiger partial charge in [-0.1, -0.05) is 21.1 Å². The minimum Gasteiger partial charge on any atom is -0.492 e. The molecule has 100 valence electrons. The lowest BCUT2D eigenvalue weighted by Crippen LogP contribution is -2.30. The van der Waals surface area contributed by atoms with Crippen molar-refractivity contribution in [3.8, 4) is 5.75 Å². The highest BCUT2D eigenvalue weighted by atomic mass is 79.9. The van der Waals surface area contributed by atoms with E-state index >= 15 is 0 Å². The molecule has 2 aromatic rings. The Morgan fingerprint density at radius 1 is 1.42 bits per heavy atom. The largest absolute Gasteiger partial charge is 0.492 e. The third kappa shape index (κ3) is 3.76. The van der Waals surface area contributed by atoms with Crippen molar-refractivity contribution in [1.82, 2.24) is 20.4 Å². The van der Waals surface area contributed by atoms with Crippen molar-refractivity contribution in [1.29, 1.82) is 0 Å². The molecule has 0 bridgehead atoms. The summed E-state index contributed by atoms with van der Waals surface area (Å²) in [4.78, 5) is 11.2. The number of nitrogens with zero attached hydrogens (tertiary/aromatic N) is 3. The maximum absolute atomic E-state index is 11.2. The van der Waals surface area contributed by atoms with Gasteiger partial charge in [0.1, 0.15) is 12.4 Å². The molecule has 0 aliphatic rings. The van der Waals surface area contributed by atoms with Gasteiger partial charge < -0.3 is 4.74 Å². The molecular formula is C11H12BrN5O2. The lowest BCUT2D eigenvalue weighted by atomic mass is 10.3. The standard InChI is InChI=1S/C11H12BrN5O2/c12-8-1-3-9(4-2-8)19-6-5-17-7-10(15-16-17)11(18)14-13/h1-4,7H,5-6,13H2,(H,14,18). The van der Waals surface area contributed by atoms with Gasteiger partial charge >= 0.3 is 0 Å². The number of benzene rings is 1. The first kappa shape index (κ1) is 13.5. The van der Waals surface area contributed by atoms with Crippen molar-refractivity contribution < 1.29 is 9.53 Å². The molecule has 0 saturated carbocycles. The Hall–Kier alpha value is -1.93. The zero-order valence-corrected chi connectivity index (χ0v) is 11.5. The minimum absolute atomic E-state index is 0.172. The molecule has 0 spiro atoms. The molecule has 8 heteroatoms. The van der Waals surface area contributed by atoms with Gasteiger partial charge in [-0.15, -0.1) is 5.10 Å². The number of carbonyl (C=O) groups is 1. The maximum Gasteiger partial charge on any atom is 0.287 e. The Kier molecular flexibility index (Phi) is 4.48. The van der Waals surface area contributed by atoms with Gasteiger partial charge in [-0.3, -0.25) is 10.2 Å². The average molecular weight is 326 g/mol. The number of hydrazine groups is 1. The summed E-state index contributed by atoms with van der Waals surface area (Å²) in [5.74, 6) is 5.29. The molecule has 0 atom stereocenters. The predicted octanol–water partition coefficient (Wildman–Crippen LogP) is 0.723. The van der Waals surface area contributed by atoms with Gasteiger partial charge in [0.2, 0.25) is 0 Å². The zero-order valence-electron chi connectivity index (χ0n) is 9.91. The second-order valence-corrected chi connectivity index (χ2v) is 4.56. The quantitative estimate of drug-likeness (QED) is 0.480. The van der Waals surface area contributed by atoms with E-state index in [9.17, 15) is 4.79 Å². The molecule has 7 nitrogen and oxygen atoms in total. The van der Waals surface area contributed by atoms with Crippen molar-refractivity contribution >= 4 is 21.8 Å². The Morgan fingerprint density at radius 2 is 2.16 bits per heavy atom. The Morgan fingerprint density at radius 3 is 2.84 bits per heavy atom. The van der Waals surface area contributed by atoms with Crippen LogP contribution in [0.5, 0.6) is 5.75 Å². The molecule has 0 aliphatic heterocycles. The molecule has 1 heterocycles. The Labute approximate surface area is 117 Å². The summed E-state index contributed by atoms with van der Waals surface area (Å²) >= 11 is 3.35. The van der Waals surface area contributed by atoms with Crippen LogP contribution in [-0.4, -0.2) is 27.5 Å². The van der Waals surface area contributed by atoms with Gasteiger partial charge in [-0.25, -0.2) is 10.5 Å². The molecule has 1 aromatic carbocycles. The summed E-state index contributed by atoms with van der Waals surface area (Å²) in [6.45, 7) is 0.912. The number of hydrogen-bond acceptors (Lipinski definition) is 5. The van der Waals surface area contributed by atoms with Crippen LogP contribution in [0.25, 0.3) is 0 Å².